The molecule has 66 valence electrons. The van der Waals surface area contributed by atoms with Gasteiger partial charge in [0.2, 0.25) is 0 Å². The van der Waals surface area contributed by atoms with Gasteiger partial charge in [-0.05, 0) is 27.5 Å². The fourth-order valence-corrected chi connectivity index (χ4v) is 2.20. The first kappa shape index (κ1) is 8.58. The van der Waals surface area contributed by atoms with Crippen molar-refractivity contribution in [2.24, 2.45) is 5.16 Å². The van der Waals surface area contributed by atoms with Crippen molar-refractivity contribution in [2.75, 3.05) is 0 Å². The second-order valence-electron chi connectivity index (χ2n) is 2.30. The zero-order valence-corrected chi connectivity index (χ0v) is 8.71. The summed E-state index contributed by atoms with van der Waals surface area (Å²) in [5.74, 6) is 0. The molecule has 2 heterocycles. The lowest BCUT2D eigenvalue weighted by Gasteiger charge is -1.94. The van der Waals surface area contributed by atoms with E-state index in [0.29, 0.717) is 5.69 Å². The van der Waals surface area contributed by atoms with Gasteiger partial charge < -0.3 is 5.21 Å². The standard InChI is InChI=1S/C7H4BrN3OS/c8-5-2-9-6(3-10-12)4-1-11-13-7(4)5/h1-3,12H. The van der Waals surface area contributed by atoms with Crippen LogP contribution in [0.2, 0.25) is 0 Å². The van der Waals surface area contributed by atoms with E-state index in [1.807, 2.05) is 0 Å². The highest BCUT2D eigenvalue weighted by atomic mass is 79.9. The molecule has 0 aliphatic rings. The van der Waals surface area contributed by atoms with Gasteiger partial charge in [-0.15, -0.1) is 0 Å². The van der Waals surface area contributed by atoms with Gasteiger partial charge in [-0.2, -0.15) is 4.37 Å². The van der Waals surface area contributed by atoms with Crippen molar-refractivity contribution in [2.45, 2.75) is 0 Å². The second kappa shape index (κ2) is 3.39. The predicted octanol–water partition coefficient (Wildman–Crippen LogP) is 2.26. The van der Waals surface area contributed by atoms with Crippen LogP contribution < -0.4 is 0 Å². The van der Waals surface area contributed by atoms with Gasteiger partial charge in [0.25, 0.3) is 0 Å². The van der Waals surface area contributed by atoms with Gasteiger partial charge in [-0.25, -0.2) is 0 Å². The van der Waals surface area contributed by atoms with Gasteiger partial charge in [0.1, 0.15) is 0 Å². The maximum Gasteiger partial charge on any atom is 0.0949 e. The SMILES string of the molecule is ON=Cc1ncc(Br)c2sncc12. The second-order valence-corrected chi connectivity index (χ2v) is 3.96. The summed E-state index contributed by atoms with van der Waals surface area (Å²) in [6.45, 7) is 0. The highest BCUT2D eigenvalue weighted by molar-refractivity contribution is 9.10. The third-order valence-electron chi connectivity index (χ3n) is 1.56. The maximum atomic E-state index is 8.39. The van der Waals surface area contributed by atoms with Crippen molar-refractivity contribution in [1.29, 1.82) is 0 Å². The molecule has 0 fully saturated rings. The molecule has 0 saturated heterocycles. The zero-order chi connectivity index (χ0) is 9.26. The normalized spacial score (nSPS) is 11.5. The van der Waals surface area contributed by atoms with Crippen LogP contribution in [0.15, 0.2) is 22.0 Å². The van der Waals surface area contributed by atoms with Crippen LogP contribution in [-0.2, 0) is 0 Å². The molecule has 0 bridgehead atoms. The minimum absolute atomic E-state index is 0.620. The highest BCUT2D eigenvalue weighted by Crippen LogP contribution is 2.27. The molecule has 0 aliphatic carbocycles. The number of rotatable bonds is 1. The molecule has 4 nitrogen and oxygen atoms in total. The predicted molar refractivity (Wildman–Crippen MR) is 54.5 cm³/mol. The van der Waals surface area contributed by atoms with E-state index >= 15 is 0 Å². The lowest BCUT2D eigenvalue weighted by atomic mass is 10.3. The molecular weight excluding hydrogens is 254 g/mol. The summed E-state index contributed by atoms with van der Waals surface area (Å²) >= 11 is 4.74. The Hall–Kier alpha value is -1.01. The smallest absolute Gasteiger partial charge is 0.0949 e. The molecule has 0 unspecified atom stereocenters. The minimum Gasteiger partial charge on any atom is -0.411 e. The van der Waals surface area contributed by atoms with Crippen LogP contribution in [0.5, 0.6) is 0 Å². The molecule has 13 heavy (non-hydrogen) atoms. The molecule has 0 aromatic carbocycles. The first-order valence-corrected chi connectivity index (χ1v) is 4.96. The molecule has 0 aliphatic heterocycles. The molecule has 0 amide bonds. The number of fused-ring (bicyclic) bond motifs is 1. The number of aromatic nitrogens is 2. The average molecular weight is 258 g/mol. The van der Waals surface area contributed by atoms with Gasteiger partial charge in [0.05, 0.1) is 27.3 Å². The Morgan fingerprint density at radius 3 is 3.15 bits per heavy atom. The van der Waals surface area contributed by atoms with E-state index in [9.17, 15) is 0 Å². The number of pyridine rings is 1. The largest absolute Gasteiger partial charge is 0.411 e. The lowest BCUT2D eigenvalue weighted by molar-refractivity contribution is 0.321. The van der Waals surface area contributed by atoms with Crippen molar-refractivity contribution in [3.05, 3.63) is 22.6 Å². The van der Waals surface area contributed by atoms with Gasteiger partial charge in [-0.1, -0.05) is 5.16 Å². The van der Waals surface area contributed by atoms with Crippen molar-refractivity contribution in [1.82, 2.24) is 9.36 Å². The summed E-state index contributed by atoms with van der Waals surface area (Å²) in [6, 6.07) is 0. The van der Waals surface area contributed by atoms with E-state index < -0.39 is 0 Å². The molecule has 2 rings (SSSR count). The van der Waals surface area contributed by atoms with E-state index in [4.69, 9.17) is 5.21 Å². The van der Waals surface area contributed by atoms with Crippen LogP contribution in [-0.4, -0.2) is 20.8 Å². The van der Waals surface area contributed by atoms with Crippen LogP contribution >= 0.6 is 27.5 Å². The summed E-state index contributed by atoms with van der Waals surface area (Å²) in [5, 5.41) is 12.2. The molecule has 0 atom stereocenters. The molecule has 6 heteroatoms. The van der Waals surface area contributed by atoms with Gasteiger partial charge in [0, 0.05) is 11.6 Å². The molecule has 0 spiro atoms. The third-order valence-corrected chi connectivity index (χ3v) is 3.26. The van der Waals surface area contributed by atoms with Crippen molar-refractivity contribution in [3.8, 4) is 0 Å². The Morgan fingerprint density at radius 1 is 1.54 bits per heavy atom. The topological polar surface area (TPSA) is 58.4 Å². The molecule has 0 saturated carbocycles. The molecule has 1 N–H and O–H groups in total. The highest BCUT2D eigenvalue weighted by Gasteiger charge is 2.06. The van der Waals surface area contributed by atoms with Crippen molar-refractivity contribution >= 4 is 43.8 Å². The van der Waals surface area contributed by atoms with Crippen LogP contribution in [0, 0.1) is 0 Å². The fraction of sp³-hybridized carbons (Fsp3) is 0. The Bertz CT molecular complexity index is 468. The monoisotopic (exact) mass is 257 g/mol. The maximum absolute atomic E-state index is 8.39. The summed E-state index contributed by atoms with van der Waals surface area (Å²) in [7, 11) is 0. The van der Waals surface area contributed by atoms with Crippen LogP contribution in [0.3, 0.4) is 0 Å². The first-order chi connectivity index (χ1) is 6.33. The van der Waals surface area contributed by atoms with E-state index in [-0.39, 0.29) is 0 Å². The van der Waals surface area contributed by atoms with Crippen LogP contribution in [0.4, 0.5) is 0 Å². The quantitative estimate of drug-likeness (QED) is 0.485. The lowest BCUT2D eigenvalue weighted by Crippen LogP contribution is -1.87. The first-order valence-electron chi connectivity index (χ1n) is 3.39. The van der Waals surface area contributed by atoms with E-state index in [1.54, 1.807) is 12.4 Å². The Kier molecular flexibility index (Phi) is 2.24. The van der Waals surface area contributed by atoms with Crippen molar-refractivity contribution in [3.63, 3.8) is 0 Å². The summed E-state index contributed by atoms with van der Waals surface area (Å²) in [4.78, 5) is 4.08. The number of hydrogen-bond donors (Lipinski definition) is 1. The van der Waals surface area contributed by atoms with Gasteiger partial charge in [0.15, 0.2) is 0 Å². The summed E-state index contributed by atoms with van der Waals surface area (Å²) in [6.07, 6.45) is 4.66. The van der Waals surface area contributed by atoms with Gasteiger partial charge >= 0.3 is 0 Å². The van der Waals surface area contributed by atoms with Crippen LogP contribution in [0.1, 0.15) is 5.69 Å². The average Bonchev–Trinajstić information content (AvgIpc) is 2.59. The van der Waals surface area contributed by atoms with E-state index in [0.717, 1.165) is 14.6 Å². The molecule has 2 aromatic heterocycles. The number of halogens is 1. The number of nitrogens with zero attached hydrogens (tertiary/aromatic N) is 3. The fourth-order valence-electron chi connectivity index (χ4n) is 1.01. The van der Waals surface area contributed by atoms with Gasteiger partial charge in [-0.3, -0.25) is 4.98 Å². The zero-order valence-electron chi connectivity index (χ0n) is 6.31. The minimum atomic E-state index is 0.620. The summed E-state index contributed by atoms with van der Waals surface area (Å²) in [5.41, 5.74) is 0.620. The van der Waals surface area contributed by atoms with Crippen LogP contribution in [0.25, 0.3) is 10.1 Å². The molecule has 0 radical (unpaired) electrons. The Labute approximate surface area is 86.2 Å². The number of hydrogen-bond acceptors (Lipinski definition) is 5. The summed E-state index contributed by atoms with van der Waals surface area (Å²) < 4.78 is 5.94. The molecule has 2 aromatic rings. The molecular formula is C7H4BrN3OS. The number of oxime groups is 1. The van der Waals surface area contributed by atoms with Crippen molar-refractivity contribution < 1.29 is 5.21 Å². The van der Waals surface area contributed by atoms with E-state index in [1.165, 1.54) is 17.7 Å². The third kappa shape index (κ3) is 1.42. The van der Waals surface area contributed by atoms with E-state index in [2.05, 4.69) is 30.4 Å². The Morgan fingerprint density at radius 2 is 2.38 bits per heavy atom. The Balaban J connectivity index is 2.78.